The molecule has 0 radical (unpaired) electrons. The molecule has 0 aromatic heterocycles. The van der Waals surface area contributed by atoms with Crippen molar-refractivity contribution in [2.75, 3.05) is 19.8 Å². The fourth-order valence-corrected chi connectivity index (χ4v) is 8.06. The van der Waals surface area contributed by atoms with Gasteiger partial charge in [0.15, 0.2) is 12.4 Å². The van der Waals surface area contributed by atoms with Gasteiger partial charge in [-0.05, 0) is 77.0 Å². The van der Waals surface area contributed by atoms with Crippen LogP contribution in [0.5, 0.6) is 0 Å². The van der Waals surface area contributed by atoms with E-state index in [-0.39, 0.29) is 26.1 Å². The molecule has 1 aliphatic rings. The van der Waals surface area contributed by atoms with Crippen LogP contribution in [0.3, 0.4) is 0 Å². The topological polar surface area (TPSA) is 152 Å². The van der Waals surface area contributed by atoms with Gasteiger partial charge in [0.05, 0.1) is 13.2 Å². The normalized spacial score (nSPS) is 19.5. The lowest BCUT2D eigenvalue weighted by Crippen LogP contribution is -2.59. The average Bonchev–Trinajstić information content (AvgIpc) is 3.33. The summed E-state index contributed by atoms with van der Waals surface area (Å²) in [4.78, 5) is 25.5. The van der Waals surface area contributed by atoms with Crippen molar-refractivity contribution in [2.45, 2.75) is 269 Å². The van der Waals surface area contributed by atoms with E-state index in [2.05, 4.69) is 74.6 Å². The van der Waals surface area contributed by atoms with Crippen molar-refractivity contribution in [1.82, 2.24) is 0 Å². The molecule has 6 atom stereocenters. The summed E-state index contributed by atoms with van der Waals surface area (Å²) in [6.45, 7) is 3.37. The van der Waals surface area contributed by atoms with E-state index in [0.717, 1.165) is 51.4 Å². The fourth-order valence-electron chi connectivity index (χ4n) is 8.06. The third-order valence-electron chi connectivity index (χ3n) is 12.4. The number of aliphatic hydroxyl groups is 4. The zero-order chi connectivity index (χ0) is 48.7. The molecule has 1 rings (SSSR count). The standard InChI is InChI=1S/C57H100O10/c1-3-5-7-9-11-13-15-17-19-21-23-24-25-26-28-30-32-34-36-38-40-42-44-46-53(60)66-50(49-65-57-56(63)55(62)54(61)51(47-58)67-57)48-64-52(59)45-43-41-39-37-35-33-31-29-27-22-20-18-16-14-12-10-8-6-4-2/h12,14,18,20,27,29,33,35,38,40,50-51,54-58,61-63H,3-11,13,15-17,19,21-26,28,30-32,34,36-37,39,41-49H2,1-2H3/b14-12+,20-18+,29-27+,35-33+,40-38+/t50-,51-,54+,55?,56?,57-/m1/s1. The first kappa shape index (κ1) is 62.4. The number of hydrogen-bond donors (Lipinski definition) is 4. The molecule has 0 aliphatic carbocycles. The van der Waals surface area contributed by atoms with E-state index in [1.165, 1.54) is 141 Å². The first-order valence-corrected chi connectivity index (χ1v) is 27.4. The van der Waals surface area contributed by atoms with Crippen molar-refractivity contribution in [1.29, 1.82) is 0 Å². The molecular weight excluding hydrogens is 845 g/mol. The maximum absolute atomic E-state index is 12.8. The van der Waals surface area contributed by atoms with Crippen molar-refractivity contribution < 1.29 is 49.0 Å². The van der Waals surface area contributed by atoms with Crippen LogP contribution in [-0.4, -0.2) is 89.0 Å². The minimum absolute atomic E-state index is 0.174. The summed E-state index contributed by atoms with van der Waals surface area (Å²) in [5.41, 5.74) is 0. The minimum Gasteiger partial charge on any atom is -0.462 e. The average molecular weight is 945 g/mol. The molecule has 10 heteroatoms. The summed E-state index contributed by atoms with van der Waals surface area (Å²) < 4.78 is 22.2. The number of esters is 2. The van der Waals surface area contributed by atoms with Crippen LogP contribution in [0, 0.1) is 0 Å². The molecular formula is C57H100O10. The first-order chi connectivity index (χ1) is 32.8. The SMILES string of the molecule is CCCCC/C=C/C/C=C/C/C=C/C/C=C/CCCCCC(=O)OC[C@H](CO[C@@H]1O[C@H](CO)[C@H](O)C(O)C1O)OC(=O)CCC/C=C/CCCCCCCCCCCCCCCCCCCC. The van der Waals surface area contributed by atoms with Gasteiger partial charge in [0.25, 0.3) is 0 Å². The number of unbranched alkanes of at least 4 members (excludes halogenated alkanes) is 25. The Kier molecular flexibility index (Phi) is 43.9. The van der Waals surface area contributed by atoms with Gasteiger partial charge in [-0.1, -0.05) is 203 Å². The number of ether oxygens (including phenoxy) is 4. The molecule has 0 aromatic rings. The van der Waals surface area contributed by atoms with Crippen LogP contribution >= 0.6 is 0 Å². The highest BCUT2D eigenvalue weighted by Crippen LogP contribution is 2.23. The van der Waals surface area contributed by atoms with E-state index in [1.807, 2.05) is 0 Å². The molecule has 1 heterocycles. The number of allylic oxidation sites excluding steroid dienone is 10. The van der Waals surface area contributed by atoms with E-state index < -0.39 is 55.4 Å². The largest absolute Gasteiger partial charge is 0.462 e. The highest BCUT2D eigenvalue weighted by molar-refractivity contribution is 5.70. The summed E-state index contributed by atoms with van der Waals surface area (Å²) in [5.74, 6) is -0.876. The molecule has 1 aliphatic heterocycles. The summed E-state index contributed by atoms with van der Waals surface area (Å²) in [6, 6.07) is 0. The second-order valence-corrected chi connectivity index (χ2v) is 18.7. The molecule has 0 amide bonds. The van der Waals surface area contributed by atoms with E-state index in [0.29, 0.717) is 12.8 Å². The van der Waals surface area contributed by atoms with Crippen LogP contribution in [0.4, 0.5) is 0 Å². The number of carbonyl (C=O) groups is 2. The number of carbonyl (C=O) groups excluding carboxylic acids is 2. The van der Waals surface area contributed by atoms with E-state index >= 15 is 0 Å². The highest BCUT2D eigenvalue weighted by atomic mass is 16.7. The lowest BCUT2D eigenvalue weighted by molar-refractivity contribution is -0.305. The predicted octanol–water partition coefficient (Wildman–Crippen LogP) is 13.3. The van der Waals surface area contributed by atoms with Gasteiger partial charge in [-0.2, -0.15) is 0 Å². The first-order valence-electron chi connectivity index (χ1n) is 27.4. The molecule has 388 valence electrons. The summed E-state index contributed by atoms with van der Waals surface area (Å²) >= 11 is 0. The fraction of sp³-hybridized carbons (Fsp3) is 0.789. The van der Waals surface area contributed by atoms with Gasteiger partial charge in [0.2, 0.25) is 0 Å². The third-order valence-corrected chi connectivity index (χ3v) is 12.4. The van der Waals surface area contributed by atoms with Crippen molar-refractivity contribution in [3.05, 3.63) is 60.8 Å². The molecule has 0 spiro atoms. The van der Waals surface area contributed by atoms with Gasteiger partial charge in [-0.25, -0.2) is 0 Å². The lowest BCUT2D eigenvalue weighted by atomic mass is 9.99. The quantitative estimate of drug-likeness (QED) is 0.0264. The molecule has 67 heavy (non-hydrogen) atoms. The Hall–Kier alpha value is -2.60. The highest BCUT2D eigenvalue weighted by Gasteiger charge is 2.44. The van der Waals surface area contributed by atoms with Crippen LogP contribution in [0.2, 0.25) is 0 Å². The smallest absolute Gasteiger partial charge is 0.306 e. The van der Waals surface area contributed by atoms with Gasteiger partial charge in [0.1, 0.15) is 31.0 Å². The van der Waals surface area contributed by atoms with Crippen LogP contribution in [0.15, 0.2) is 60.8 Å². The Morgan fingerprint density at radius 1 is 0.463 bits per heavy atom. The van der Waals surface area contributed by atoms with Gasteiger partial charge in [-0.15, -0.1) is 0 Å². The molecule has 0 bridgehead atoms. The maximum atomic E-state index is 12.8. The Labute approximate surface area is 409 Å². The summed E-state index contributed by atoms with van der Waals surface area (Å²) in [6.07, 6.45) is 52.4. The molecule has 2 unspecified atom stereocenters. The monoisotopic (exact) mass is 945 g/mol. The number of hydrogen-bond acceptors (Lipinski definition) is 10. The molecule has 10 nitrogen and oxygen atoms in total. The van der Waals surface area contributed by atoms with Crippen molar-refractivity contribution in [2.24, 2.45) is 0 Å². The van der Waals surface area contributed by atoms with E-state index in [1.54, 1.807) is 0 Å². The zero-order valence-electron chi connectivity index (χ0n) is 42.6. The second-order valence-electron chi connectivity index (χ2n) is 18.7. The van der Waals surface area contributed by atoms with Gasteiger partial charge in [0, 0.05) is 12.8 Å². The van der Waals surface area contributed by atoms with Crippen LogP contribution < -0.4 is 0 Å². The molecule has 0 aromatic carbocycles. The minimum atomic E-state index is -1.61. The Morgan fingerprint density at radius 2 is 0.851 bits per heavy atom. The maximum Gasteiger partial charge on any atom is 0.306 e. The lowest BCUT2D eigenvalue weighted by Gasteiger charge is -2.39. The van der Waals surface area contributed by atoms with E-state index in [4.69, 9.17) is 18.9 Å². The second kappa shape index (κ2) is 47.1. The van der Waals surface area contributed by atoms with Crippen LogP contribution in [-0.2, 0) is 28.5 Å². The molecule has 1 saturated heterocycles. The predicted molar refractivity (Wildman–Crippen MR) is 275 cm³/mol. The zero-order valence-corrected chi connectivity index (χ0v) is 42.6. The summed E-state index contributed by atoms with van der Waals surface area (Å²) in [5, 5.41) is 40.2. The van der Waals surface area contributed by atoms with Gasteiger partial charge >= 0.3 is 11.9 Å². The molecule has 4 N–H and O–H groups in total. The van der Waals surface area contributed by atoms with Crippen LogP contribution in [0.25, 0.3) is 0 Å². The summed E-state index contributed by atoms with van der Waals surface area (Å²) in [7, 11) is 0. The number of aliphatic hydroxyl groups excluding tert-OH is 4. The Morgan fingerprint density at radius 3 is 1.34 bits per heavy atom. The van der Waals surface area contributed by atoms with Crippen molar-refractivity contribution in [3.8, 4) is 0 Å². The van der Waals surface area contributed by atoms with Gasteiger partial charge in [-0.3, -0.25) is 9.59 Å². The van der Waals surface area contributed by atoms with E-state index in [9.17, 15) is 30.0 Å². The number of rotatable bonds is 46. The van der Waals surface area contributed by atoms with Gasteiger partial charge < -0.3 is 39.4 Å². The molecule has 1 fully saturated rings. The van der Waals surface area contributed by atoms with Crippen LogP contribution in [0.1, 0.15) is 232 Å². The Balaban J connectivity index is 2.27. The molecule has 0 saturated carbocycles. The van der Waals surface area contributed by atoms with Crippen molar-refractivity contribution in [3.63, 3.8) is 0 Å². The Bertz CT molecular complexity index is 1280. The van der Waals surface area contributed by atoms with Crippen molar-refractivity contribution >= 4 is 11.9 Å². The third kappa shape index (κ3) is 37.9.